The summed E-state index contributed by atoms with van der Waals surface area (Å²) in [5.41, 5.74) is 1.72. The highest BCUT2D eigenvalue weighted by atomic mass is 127. The van der Waals surface area contributed by atoms with E-state index in [1.807, 2.05) is 13.1 Å². The molecule has 1 aromatic rings. The molecule has 3 nitrogen and oxygen atoms in total. The number of aliphatic imine (C=N–C) groups is 1. The molecular formula is C16H26IN3. The normalized spacial score (nSPS) is 17.4. The highest BCUT2D eigenvalue weighted by Crippen LogP contribution is 2.36. The zero-order valence-electron chi connectivity index (χ0n) is 12.5. The summed E-state index contributed by atoms with van der Waals surface area (Å²) in [6.45, 7) is 4.20. The number of nitrogens with one attached hydrogen (secondary N) is 2. The molecule has 112 valence electrons. The van der Waals surface area contributed by atoms with Gasteiger partial charge in [0.05, 0.1) is 0 Å². The number of nitrogens with zero attached hydrogens (tertiary/aromatic N) is 1. The minimum Gasteiger partial charge on any atom is -0.356 e. The topological polar surface area (TPSA) is 36.4 Å². The number of hydrogen-bond donors (Lipinski definition) is 2. The molecule has 0 aliphatic heterocycles. The van der Waals surface area contributed by atoms with E-state index in [1.165, 1.54) is 31.2 Å². The average molecular weight is 387 g/mol. The smallest absolute Gasteiger partial charge is 0.191 e. The standard InChI is InChI=1S/C16H25N3.HI/c1-16(10-6-7-11-16)13-19-15(17-2)18-12-14-8-4-3-5-9-14;/h3-5,8-9H,6-7,10-13H2,1-2H3,(H2,17,18,19);1H. The Morgan fingerprint density at radius 3 is 2.40 bits per heavy atom. The first-order valence-electron chi connectivity index (χ1n) is 7.20. The zero-order valence-corrected chi connectivity index (χ0v) is 14.8. The maximum absolute atomic E-state index is 4.29. The van der Waals surface area contributed by atoms with Gasteiger partial charge in [0.1, 0.15) is 0 Å². The monoisotopic (exact) mass is 387 g/mol. The molecule has 0 heterocycles. The Morgan fingerprint density at radius 2 is 1.80 bits per heavy atom. The van der Waals surface area contributed by atoms with Crippen molar-refractivity contribution in [3.8, 4) is 0 Å². The second-order valence-corrected chi connectivity index (χ2v) is 5.78. The van der Waals surface area contributed by atoms with Crippen molar-refractivity contribution in [3.63, 3.8) is 0 Å². The molecule has 0 saturated heterocycles. The minimum atomic E-state index is 0. The molecule has 2 rings (SSSR count). The first-order chi connectivity index (χ1) is 9.22. The number of benzene rings is 1. The molecule has 1 aliphatic carbocycles. The van der Waals surface area contributed by atoms with Gasteiger partial charge in [0.2, 0.25) is 0 Å². The Labute approximate surface area is 139 Å². The third-order valence-corrected chi connectivity index (χ3v) is 4.02. The Balaban J connectivity index is 0.00000200. The van der Waals surface area contributed by atoms with E-state index in [2.05, 4.69) is 46.8 Å². The van der Waals surface area contributed by atoms with Crippen LogP contribution in [0.15, 0.2) is 35.3 Å². The van der Waals surface area contributed by atoms with Crippen molar-refractivity contribution < 1.29 is 0 Å². The molecule has 0 unspecified atom stereocenters. The van der Waals surface area contributed by atoms with Gasteiger partial charge < -0.3 is 10.6 Å². The van der Waals surface area contributed by atoms with Crippen LogP contribution in [0, 0.1) is 5.41 Å². The van der Waals surface area contributed by atoms with Crippen molar-refractivity contribution in [2.24, 2.45) is 10.4 Å². The summed E-state index contributed by atoms with van der Waals surface area (Å²) in [5.74, 6) is 0.900. The van der Waals surface area contributed by atoms with E-state index < -0.39 is 0 Å². The van der Waals surface area contributed by atoms with Gasteiger partial charge in [-0.3, -0.25) is 4.99 Å². The SMILES string of the molecule is CN=C(NCc1ccccc1)NCC1(C)CCCC1.I. The van der Waals surface area contributed by atoms with Crippen molar-refractivity contribution in [2.75, 3.05) is 13.6 Å². The summed E-state index contributed by atoms with van der Waals surface area (Å²) in [6, 6.07) is 10.4. The van der Waals surface area contributed by atoms with E-state index in [4.69, 9.17) is 0 Å². The molecule has 1 fully saturated rings. The van der Waals surface area contributed by atoms with Crippen LogP contribution in [0.1, 0.15) is 38.2 Å². The predicted octanol–water partition coefficient (Wildman–Crippen LogP) is 3.55. The van der Waals surface area contributed by atoms with E-state index >= 15 is 0 Å². The van der Waals surface area contributed by atoms with E-state index in [9.17, 15) is 0 Å². The van der Waals surface area contributed by atoms with Gasteiger partial charge in [-0.2, -0.15) is 0 Å². The lowest BCUT2D eigenvalue weighted by molar-refractivity contribution is 0.334. The summed E-state index contributed by atoms with van der Waals surface area (Å²) in [6.07, 6.45) is 5.40. The van der Waals surface area contributed by atoms with Gasteiger partial charge in [-0.25, -0.2) is 0 Å². The molecule has 0 radical (unpaired) electrons. The van der Waals surface area contributed by atoms with Crippen molar-refractivity contribution in [2.45, 2.75) is 39.2 Å². The van der Waals surface area contributed by atoms with Crippen LogP contribution >= 0.6 is 24.0 Å². The van der Waals surface area contributed by atoms with Gasteiger partial charge in [0.25, 0.3) is 0 Å². The fourth-order valence-corrected chi connectivity index (χ4v) is 2.70. The molecule has 4 heteroatoms. The summed E-state index contributed by atoms with van der Waals surface area (Å²) < 4.78 is 0. The van der Waals surface area contributed by atoms with Gasteiger partial charge in [-0.15, -0.1) is 24.0 Å². The van der Waals surface area contributed by atoms with Gasteiger partial charge in [0, 0.05) is 20.1 Å². The highest BCUT2D eigenvalue weighted by Gasteiger charge is 2.28. The first kappa shape index (κ1) is 17.3. The third kappa shape index (κ3) is 5.31. The minimum absolute atomic E-state index is 0. The molecule has 0 amide bonds. The van der Waals surface area contributed by atoms with Crippen molar-refractivity contribution in [1.29, 1.82) is 0 Å². The van der Waals surface area contributed by atoms with Gasteiger partial charge in [0.15, 0.2) is 5.96 Å². The Kier molecular flexibility index (Phi) is 7.34. The van der Waals surface area contributed by atoms with Crippen LogP contribution in [0.5, 0.6) is 0 Å². The van der Waals surface area contributed by atoms with Crippen molar-refractivity contribution >= 4 is 29.9 Å². The lowest BCUT2D eigenvalue weighted by Crippen LogP contribution is -2.41. The van der Waals surface area contributed by atoms with Crippen molar-refractivity contribution in [3.05, 3.63) is 35.9 Å². The molecule has 0 bridgehead atoms. The Morgan fingerprint density at radius 1 is 1.15 bits per heavy atom. The summed E-state index contributed by atoms with van der Waals surface area (Å²) >= 11 is 0. The quantitative estimate of drug-likeness (QED) is 0.471. The number of halogens is 1. The van der Waals surface area contributed by atoms with Crippen molar-refractivity contribution in [1.82, 2.24) is 10.6 Å². The predicted molar refractivity (Wildman–Crippen MR) is 96.6 cm³/mol. The van der Waals surface area contributed by atoms with Crippen LogP contribution in [-0.2, 0) is 6.54 Å². The van der Waals surface area contributed by atoms with Crippen LogP contribution in [0.4, 0.5) is 0 Å². The lowest BCUT2D eigenvalue weighted by atomic mass is 9.89. The maximum Gasteiger partial charge on any atom is 0.191 e. The Hall–Kier alpha value is -0.780. The van der Waals surface area contributed by atoms with Gasteiger partial charge >= 0.3 is 0 Å². The average Bonchev–Trinajstić information content (AvgIpc) is 2.87. The molecule has 20 heavy (non-hydrogen) atoms. The van der Waals surface area contributed by atoms with E-state index in [0.29, 0.717) is 5.41 Å². The molecule has 1 saturated carbocycles. The third-order valence-electron chi connectivity index (χ3n) is 4.02. The highest BCUT2D eigenvalue weighted by molar-refractivity contribution is 14.0. The van der Waals surface area contributed by atoms with Crippen LogP contribution in [0.25, 0.3) is 0 Å². The summed E-state index contributed by atoms with van der Waals surface area (Å²) in [5, 5.41) is 6.83. The van der Waals surface area contributed by atoms with Crippen LogP contribution in [0.2, 0.25) is 0 Å². The molecule has 1 aliphatic rings. The zero-order chi connectivity index (χ0) is 13.6. The summed E-state index contributed by atoms with van der Waals surface area (Å²) in [4.78, 5) is 4.29. The van der Waals surface area contributed by atoms with E-state index in [-0.39, 0.29) is 24.0 Å². The molecule has 1 aromatic carbocycles. The fourth-order valence-electron chi connectivity index (χ4n) is 2.70. The number of rotatable bonds is 4. The van der Waals surface area contributed by atoms with Crippen LogP contribution in [0.3, 0.4) is 0 Å². The second kappa shape index (κ2) is 8.49. The summed E-state index contributed by atoms with van der Waals surface area (Å²) in [7, 11) is 1.83. The van der Waals surface area contributed by atoms with Gasteiger partial charge in [-0.1, -0.05) is 50.1 Å². The number of guanidine groups is 1. The second-order valence-electron chi connectivity index (χ2n) is 5.78. The fraction of sp³-hybridized carbons (Fsp3) is 0.562. The molecule has 0 atom stereocenters. The molecule has 2 N–H and O–H groups in total. The first-order valence-corrected chi connectivity index (χ1v) is 7.20. The Bertz CT molecular complexity index is 411. The molecular weight excluding hydrogens is 361 g/mol. The molecule has 0 spiro atoms. The van der Waals surface area contributed by atoms with Gasteiger partial charge in [-0.05, 0) is 23.8 Å². The number of hydrogen-bond acceptors (Lipinski definition) is 1. The molecule has 0 aromatic heterocycles. The van der Waals surface area contributed by atoms with Crippen LogP contribution < -0.4 is 10.6 Å². The van der Waals surface area contributed by atoms with Crippen LogP contribution in [-0.4, -0.2) is 19.6 Å². The van der Waals surface area contributed by atoms with E-state index in [1.54, 1.807) is 0 Å². The maximum atomic E-state index is 4.29. The lowest BCUT2D eigenvalue weighted by Gasteiger charge is -2.25. The largest absolute Gasteiger partial charge is 0.356 e. The van der Waals surface area contributed by atoms with E-state index in [0.717, 1.165) is 19.0 Å².